The van der Waals surface area contributed by atoms with Crippen molar-refractivity contribution in [2.75, 3.05) is 24.5 Å². The van der Waals surface area contributed by atoms with Crippen molar-refractivity contribution in [3.8, 4) is 0 Å². The molecule has 0 fully saturated rings. The SMILES string of the molecule is CCN(CC)c1nc(C)cc(C(=O)NCCCn2nc(C)cc2C)n1. The number of carbonyl (C=O) groups is 1. The highest BCUT2D eigenvalue weighted by Crippen LogP contribution is 2.10. The first-order valence-corrected chi connectivity index (χ1v) is 8.84. The molecule has 1 amide bonds. The van der Waals surface area contributed by atoms with Crippen molar-refractivity contribution < 1.29 is 4.79 Å². The third-order valence-electron chi connectivity index (χ3n) is 4.06. The van der Waals surface area contributed by atoms with Gasteiger partial charge in [0.1, 0.15) is 5.69 Å². The zero-order valence-electron chi connectivity index (χ0n) is 15.8. The average molecular weight is 344 g/mol. The van der Waals surface area contributed by atoms with Gasteiger partial charge in [-0.2, -0.15) is 5.10 Å². The molecule has 0 unspecified atom stereocenters. The van der Waals surface area contributed by atoms with Crippen LogP contribution in [-0.2, 0) is 6.54 Å². The summed E-state index contributed by atoms with van der Waals surface area (Å²) >= 11 is 0. The Morgan fingerprint density at radius 2 is 1.84 bits per heavy atom. The van der Waals surface area contributed by atoms with Crippen LogP contribution >= 0.6 is 0 Å². The molecule has 7 heteroatoms. The molecule has 0 bridgehead atoms. The summed E-state index contributed by atoms with van der Waals surface area (Å²) in [5.41, 5.74) is 3.37. The van der Waals surface area contributed by atoms with E-state index in [9.17, 15) is 4.79 Å². The number of aromatic nitrogens is 4. The second-order valence-corrected chi connectivity index (χ2v) is 6.13. The third kappa shape index (κ3) is 5.01. The van der Waals surface area contributed by atoms with Crippen molar-refractivity contribution in [3.05, 3.63) is 34.9 Å². The summed E-state index contributed by atoms with van der Waals surface area (Å²) in [5.74, 6) is 0.449. The molecule has 2 aromatic rings. The van der Waals surface area contributed by atoms with Gasteiger partial charge in [-0.1, -0.05) is 0 Å². The van der Waals surface area contributed by atoms with E-state index >= 15 is 0 Å². The van der Waals surface area contributed by atoms with E-state index < -0.39 is 0 Å². The minimum absolute atomic E-state index is 0.160. The number of anilines is 1. The van der Waals surface area contributed by atoms with Crippen LogP contribution in [0.3, 0.4) is 0 Å². The van der Waals surface area contributed by atoms with Crippen LogP contribution in [0.25, 0.3) is 0 Å². The maximum absolute atomic E-state index is 12.4. The molecule has 0 spiro atoms. The highest BCUT2D eigenvalue weighted by molar-refractivity contribution is 5.92. The molecule has 2 aromatic heterocycles. The summed E-state index contributed by atoms with van der Waals surface area (Å²) in [7, 11) is 0. The van der Waals surface area contributed by atoms with Crippen molar-refractivity contribution in [1.29, 1.82) is 0 Å². The van der Waals surface area contributed by atoms with Crippen LogP contribution < -0.4 is 10.2 Å². The summed E-state index contributed by atoms with van der Waals surface area (Å²) in [4.78, 5) is 23.3. The van der Waals surface area contributed by atoms with Crippen molar-refractivity contribution in [2.24, 2.45) is 0 Å². The van der Waals surface area contributed by atoms with Crippen LogP contribution in [0.2, 0.25) is 0 Å². The number of carbonyl (C=O) groups excluding carboxylic acids is 1. The van der Waals surface area contributed by atoms with Gasteiger partial charge in [-0.15, -0.1) is 0 Å². The summed E-state index contributed by atoms with van der Waals surface area (Å²) in [6, 6.07) is 3.78. The maximum atomic E-state index is 12.4. The van der Waals surface area contributed by atoms with Crippen molar-refractivity contribution in [3.63, 3.8) is 0 Å². The molecule has 0 aromatic carbocycles. The molecule has 0 aliphatic heterocycles. The molecular formula is C18H28N6O. The number of nitrogens with one attached hydrogen (secondary N) is 1. The van der Waals surface area contributed by atoms with E-state index in [1.165, 1.54) is 0 Å². The van der Waals surface area contributed by atoms with Crippen molar-refractivity contribution in [1.82, 2.24) is 25.1 Å². The van der Waals surface area contributed by atoms with E-state index in [0.717, 1.165) is 43.1 Å². The van der Waals surface area contributed by atoms with Crippen molar-refractivity contribution >= 4 is 11.9 Å². The van der Waals surface area contributed by atoms with Gasteiger partial charge < -0.3 is 10.2 Å². The molecule has 0 radical (unpaired) electrons. The van der Waals surface area contributed by atoms with Gasteiger partial charge in [-0.3, -0.25) is 9.48 Å². The predicted octanol–water partition coefficient (Wildman–Crippen LogP) is 2.26. The quantitative estimate of drug-likeness (QED) is 0.744. The van der Waals surface area contributed by atoms with Gasteiger partial charge in [0, 0.05) is 37.6 Å². The second kappa shape index (κ2) is 8.60. The topological polar surface area (TPSA) is 75.9 Å². The molecule has 0 saturated heterocycles. The van der Waals surface area contributed by atoms with E-state index in [1.54, 1.807) is 6.07 Å². The first-order valence-electron chi connectivity index (χ1n) is 8.84. The minimum Gasteiger partial charge on any atom is -0.351 e. The normalized spacial score (nSPS) is 10.8. The largest absolute Gasteiger partial charge is 0.351 e. The molecule has 0 saturated carbocycles. The molecule has 136 valence electrons. The van der Waals surface area contributed by atoms with E-state index in [1.807, 2.05) is 44.2 Å². The lowest BCUT2D eigenvalue weighted by atomic mass is 10.3. The highest BCUT2D eigenvalue weighted by atomic mass is 16.1. The summed E-state index contributed by atoms with van der Waals surface area (Å²) in [5, 5.41) is 7.36. The standard InChI is InChI=1S/C18H28N6O/c1-6-23(7-2)18-20-13(3)12-16(21-18)17(25)19-9-8-10-24-15(5)11-14(4)22-24/h11-12H,6-10H2,1-5H3,(H,19,25). The fourth-order valence-electron chi connectivity index (χ4n) is 2.74. The zero-order chi connectivity index (χ0) is 18.4. The number of aryl methyl sites for hydroxylation is 4. The zero-order valence-corrected chi connectivity index (χ0v) is 15.8. The van der Waals surface area contributed by atoms with Crippen LogP contribution in [0, 0.1) is 20.8 Å². The number of rotatable bonds is 8. The van der Waals surface area contributed by atoms with E-state index in [2.05, 4.69) is 26.4 Å². The molecule has 25 heavy (non-hydrogen) atoms. The smallest absolute Gasteiger partial charge is 0.270 e. The monoisotopic (exact) mass is 344 g/mol. The lowest BCUT2D eigenvalue weighted by Gasteiger charge is -2.19. The number of hydrogen-bond acceptors (Lipinski definition) is 5. The lowest BCUT2D eigenvalue weighted by molar-refractivity contribution is 0.0947. The van der Waals surface area contributed by atoms with Gasteiger partial charge in [-0.25, -0.2) is 9.97 Å². The highest BCUT2D eigenvalue weighted by Gasteiger charge is 2.13. The Balaban J connectivity index is 1.93. The first-order chi connectivity index (χ1) is 11.9. The van der Waals surface area contributed by atoms with E-state index in [-0.39, 0.29) is 5.91 Å². The van der Waals surface area contributed by atoms with Gasteiger partial charge in [0.25, 0.3) is 5.91 Å². The summed E-state index contributed by atoms with van der Waals surface area (Å²) in [6.45, 7) is 13.0. The Hall–Kier alpha value is -2.44. The second-order valence-electron chi connectivity index (χ2n) is 6.13. The molecule has 0 aliphatic carbocycles. The molecule has 2 heterocycles. The molecule has 7 nitrogen and oxygen atoms in total. The summed E-state index contributed by atoms with van der Waals surface area (Å²) < 4.78 is 1.97. The summed E-state index contributed by atoms with van der Waals surface area (Å²) in [6.07, 6.45) is 0.820. The third-order valence-corrected chi connectivity index (χ3v) is 4.06. The van der Waals surface area contributed by atoms with E-state index in [4.69, 9.17) is 0 Å². The predicted molar refractivity (Wildman–Crippen MR) is 99.0 cm³/mol. The Morgan fingerprint density at radius 3 is 2.44 bits per heavy atom. The number of amides is 1. The Bertz CT molecular complexity index is 720. The van der Waals surface area contributed by atoms with Crippen LogP contribution in [-0.4, -0.2) is 45.3 Å². The number of nitrogens with zero attached hydrogens (tertiary/aromatic N) is 5. The van der Waals surface area contributed by atoms with Gasteiger partial charge in [0.2, 0.25) is 5.95 Å². The Morgan fingerprint density at radius 1 is 1.12 bits per heavy atom. The lowest BCUT2D eigenvalue weighted by Crippen LogP contribution is -2.29. The average Bonchev–Trinajstić information content (AvgIpc) is 2.89. The molecule has 1 N–H and O–H groups in total. The van der Waals surface area contributed by atoms with Gasteiger partial charge in [0.05, 0.1) is 5.69 Å². The van der Waals surface area contributed by atoms with Crippen LogP contribution in [0.1, 0.15) is 47.8 Å². The van der Waals surface area contributed by atoms with Crippen LogP contribution in [0.5, 0.6) is 0 Å². The minimum atomic E-state index is -0.160. The molecule has 2 rings (SSSR count). The number of hydrogen-bond donors (Lipinski definition) is 1. The molecule has 0 aliphatic rings. The van der Waals surface area contributed by atoms with Gasteiger partial charge >= 0.3 is 0 Å². The van der Waals surface area contributed by atoms with Gasteiger partial charge in [0.15, 0.2) is 0 Å². The maximum Gasteiger partial charge on any atom is 0.270 e. The molecular weight excluding hydrogens is 316 g/mol. The fraction of sp³-hybridized carbons (Fsp3) is 0.556. The van der Waals surface area contributed by atoms with E-state index in [0.29, 0.717) is 18.2 Å². The Kier molecular flexibility index (Phi) is 6.50. The van der Waals surface area contributed by atoms with Gasteiger partial charge in [-0.05, 0) is 53.2 Å². The first kappa shape index (κ1) is 18.9. The molecule has 0 atom stereocenters. The fourth-order valence-corrected chi connectivity index (χ4v) is 2.74. The Labute approximate surface area is 149 Å². The van der Waals surface area contributed by atoms with Crippen molar-refractivity contribution in [2.45, 2.75) is 47.6 Å². The van der Waals surface area contributed by atoms with Crippen LogP contribution in [0.15, 0.2) is 12.1 Å². The van der Waals surface area contributed by atoms with Crippen LogP contribution in [0.4, 0.5) is 5.95 Å².